The van der Waals surface area contributed by atoms with Crippen LogP contribution in [0, 0.1) is 18.3 Å². The van der Waals surface area contributed by atoms with Crippen LogP contribution < -0.4 is 0 Å². The average molecular weight is 174 g/mol. The van der Waals surface area contributed by atoms with Crippen LogP contribution in [-0.2, 0) is 11.2 Å². The van der Waals surface area contributed by atoms with Gasteiger partial charge in [0.1, 0.15) is 5.92 Å². The highest BCUT2D eigenvalue weighted by atomic mass is 16.4. The predicted molar refractivity (Wildman–Crippen MR) is 50.1 cm³/mol. The van der Waals surface area contributed by atoms with Gasteiger partial charge in [-0.05, 0) is 12.0 Å². The average Bonchev–Trinajstić information content (AvgIpc) is 2.15. The number of carboxylic acids is 1. The van der Waals surface area contributed by atoms with E-state index in [4.69, 9.17) is 11.5 Å². The largest absolute Gasteiger partial charge is 0.480 e. The fourth-order valence-corrected chi connectivity index (χ4v) is 1.07. The van der Waals surface area contributed by atoms with Gasteiger partial charge in [0, 0.05) is 0 Å². The minimum Gasteiger partial charge on any atom is -0.480 e. The van der Waals surface area contributed by atoms with Crippen LogP contribution in [0.2, 0.25) is 0 Å². The molecule has 1 aromatic carbocycles. The second-order valence-corrected chi connectivity index (χ2v) is 2.75. The van der Waals surface area contributed by atoms with Crippen molar-refractivity contribution >= 4 is 5.97 Å². The highest BCUT2D eigenvalue weighted by Crippen LogP contribution is 2.07. The number of hydrogen-bond acceptors (Lipinski definition) is 1. The zero-order valence-electron chi connectivity index (χ0n) is 7.10. The molecule has 2 heteroatoms. The number of hydrogen-bond donors (Lipinski definition) is 1. The topological polar surface area (TPSA) is 37.3 Å². The van der Waals surface area contributed by atoms with Crippen LogP contribution >= 0.6 is 0 Å². The molecule has 0 aliphatic carbocycles. The third kappa shape index (κ3) is 2.64. The molecule has 2 nitrogen and oxygen atoms in total. The second-order valence-electron chi connectivity index (χ2n) is 2.75. The molecule has 1 atom stereocenters. The fraction of sp³-hybridized carbons (Fsp3) is 0.182. The molecular weight excluding hydrogens is 164 g/mol. The molecule has 0 aliphatic heterocycles. The van der Waals surface area contributed by atoms with E-state index in [0.717, 1.165) is 5.56 Å². The maximum atomic E-state index is 10.6. The van der Waals surface area contributed by atoms with Crippen molar-refractivity contribution < 1.29 is 9.90 Å². The van der Waals surface area contributed by atoms with Gasteiger partial charge in [-0.2, -0.15) is 0 Å². The summed E-state index contributed by atoms with van der Waals surface area (Å²) in [6.07, 6.45) is 5.49. The van der Waals surface area contributed by atoms with E-state index in [1.54, 1.807) is 0 Å². The molecule has 0 saturated heterocycles. The van der Waals surface area contributed by atoms with Crippen LogP contribution in [-0.4, -0.2) is 11.1 Å². The lowest BCUT2D eigenvalue weighted by molar-refractivity contribution is -0.139. The number of rotatable bonds is 3. The number of carboxylic acid groups (broad SMARTS) is 1. The molecule has 1 aromatic rings. The molecule has 0 aliphatic rings. The van der Waals surface area contributed by atoms with Crippen LogP contribution in [0.3, 0.4) is 0 Å². The highest BCUT2D eigenvalue weighted by Gasteiger charge is 2.13. The first kappa shape index (κ1) is 9.34. The summed E-state index contributed by atoms with van der Waals surface area (Å²) in [4.78, 5) is 10.6. The van der Waals surface area contributed by atoms with Crippen molar-refractivity contribution in [3.05, 3.63) is 35.9 Å². The summed E-state index contributed by atoms with van der Waals surface area (Å²) in [6.45, 7) is 0. The Bertz CT molecular complexity index is 322. The first-order chi connectivity index (χ1) is 6.24. The SMILES string of the molecule is C#C[C@@H](Cc1ccccc1)C(=O)O. The molecule has 0 fully saturated rings. The Morgan fingerprint density at radius 3 is 2.54 bits per heavy atom. The lowest BCUT2D eigenvalue weighted by Crippen LogP contribution is -2.13. The molecule has 0 saturated carbocycles. The van der Waals surface area contributed by atoms with Crippen molar-refractivity contribution in [1.82, 2.24) is 0 Å². The molecule has 0 unspecified atom stereocenters. The third-order valence-corrected chi connectivity index (χ3v) is 1.78. The van der Waals surface area contributed by atoms with Crippen molar-refractivity contribution in [2.75, 3.05) is 0 Å². The molecule has 0 amide bonds. The molecule has 0 radical (unpaired) electrons. The Hall–Kier alpha value is -1.75. The molecule has 0 spiro atoms. The Balaban J connectivity index is 2.69. The summed E-state index contributed by atoms with van der Waals surface area (Å²) in [5, 5.41) is 8.69. The molecule has 0 aromatic heterocycles. The van der Waals surface area contributed by atoms with Gasteiger partial charge in [0.25, 0.3) is 0 Å². The summed E-state index contributed by atoms with van der Waals surface area (Å²) < 4.78 is 0. The van der Waals surface area contributed by atoms with Crippen LogP contribution in [0.25, 0.3) is 0 Å². The molecule has 0 heterocycles. The molecular formula is C11H10O2. The Morgan fingerprint density at radius 2 is 2.08 bits per heavy atom. The summed E-state index contributed by atoms with van der Waals surface area (Å²) in [5.41, 5.74) is 0.952. The predicted octanol–water partition coefficient (Wildman–Crippen LogP) is 1.56. The van der Waals surface area contributed by atoms with E-state index in [1.807, 2.05) is 30.3 Å². The van der Waals surface area contributed by atoms with E-state index in [2.05, 4.69) is 5.92 Å². The number of carbonyl (C=O) groups is 1. The van der Waals surface area contributed by atoms with E-state index in [-0.39, 0.29) is 0 Å². The normalized spacial score (nSPS) is 11.6. The standard InChI is InChI=1S/C11H10O2/c1-2-10(11(12)13)8-9-6-4-3-5-7-9/h1,3-7,10H,8H2,(H,12,13)/t10-/m0/s1. The first-order valence-electron chi connectivity index (χ1n) is 3.97. The summed E-state index contributed by atoms with van der Waals surface area (Å²) in [5.74, 6) is 0.592. The minimum atomic E-state index is -0.939. The smallest absolute Gasteiger partial charge is 0.319 e. The van der Waals surface area contributed by atoms with E-state index in [0.29, 0.717) is 6.42 Å². The van der Waals surface area contributed by atoms with Gasteiger partial charge in [-0.25, -0.2) is 0 Å². The van der Waals surface area contributed by atoms with E-state index >= 15 is 0 Å². The molecule has 0 bridgehead atoms. The van der Waals surface area contributed by atoms with Crippen LogP contribution in [0.1, 0.15) is 5.56 Å². The Morgan fingerprint density at radius 1 is 1.46 bits per heavy atom. The number of aliphatic carboxylic acids is 1. The van der Waals surface area contributed by atoms with E-state index < -0.39 is 11.9 Å². The Kier molecular flexibility index (Phi) is 3.10. The van der Waals surface area contributed by atoms with Gasteiger partial charge in [-0.1, -0.05) is 36.3 Å². The maximum Gasteiger partial charge on any atom is 0.319 e. The summed E-state index contributed by atoms with van der Waals surface area (Å²) in [6, 6.07) is 9.35. The molecule has 13 heavy (non-hydrogen) atoms. The molecule has 1 rings (SSSR count). The fourth-order valence-electron chi connectivity index (χ4n) is 1.07. The second kappa shape index (κ2) is 4.32. The molecule has 1 N–H and O–H groups in total. The van der Waals surface area contributed by atoms with Gasteiger partial charge in [0.2, 0.25) is 0 Å². The quantitative estimate of drug-likeness (QED) is 0.706. The van der Waals surface area contributed by atoms with Gasteiger partial charge in [-0.3, -0.25) is 4.79 Å². The Labute approximate surface area is 77.2 Å². The zero-order chi connectivity index (χ0) is 9.68. The highest BCUT2D eigenvalue weighted by molar-refractivity contribution is 5.73. The van der Waals surface area contributed by atoms with E-state index in [9.17, 15) is 4.79 Å². The van der Waals surface area contributed by atoms with Crippen molar-refractivity contribution in [3.63, 3.8) is 0 Å². The van der Waals surface area contributed by atoms with Gasteiger partial charge < -0.3 is 5.11 Å². The van der Waals surface area contributed by atoms with Crippen LogP contribution in [0.15, 0.2) is 30.3 Å². The van der Waals surface area contributed by atoms with Crippen LogP contribution in [0.4, 0.5) is 0 Å². The van der Waals surface area contributed by atoms with Gasteiger partial charge in [0.05, 0.1) is 0 Å². The van der Waals surface area contributed by atoms with Crippen molar-refractivity contribution in [3.8, 4) is 12.3 Å². The zero-order valence-corrected chi connectivity index (χ0v) is 7.10. The van der Waals surface area contributed by atoms with Crippen molar-refractivity contribution in [2.24, 2.45) is 5.92 Å². The first-order valence-corrected chi connectivity index (χ1v) is 3.97. The van der Waals surface area contributed by atoms with Crippen molar-refractivity contribution in [1.29, 1.82) is 0 Å². The minimum absolute atomic E-state index is 0.396. The maximum absolute atomic E-state index is 10.6. The van der Waals surface area contributed by atoms with Gasteiger partial charge in [0.15, 0.2) is 0 Å². The van der Waals surface area contributed by atoms with Crippen LogP contribution in [0.5, 0.6) is 0 Å². The van der Waals surface area contributed by atoms with Gasteiger partial charge >= 0.3 is 5.97 Å². The number of terminal acetylenes is 1. The van der Waals surface area contributed by atoms with Gasteiger partial charge in [-0.15, -0.1) is 6.42 Å². The lowest BCUT2D eigenvalue weighted by atomic mass is 10.0. The lowest BCUT2D eigenvalue weighted by Gasteiger charge is -2.04. The summed E-state index contributed by atoms with van der Waals surface area (Å²) in [7, 11) is 0. The number of benzene rings is 1. The molecule has 66 valence electrons. The van der Waals surface area contributed by atoms with Crippen molar-refractivity contribution in [2.45, 2.75) is 6.42 Å². The summed E-state index contributed by atoms with van der Waals surface area (Å²) >= 11 is 0. The third-order valence-electron chi connectivity index (χ3n) is 1.78. The monoisotopic (exact) mass is 174 g/mol. The van der Waals surface area contributed by atoms with E-state index in [1.165, 1.54) is 0 Å².